The lowest BCUT2D eigenvalue weighted by atomic mass is 10.1. The van der Waals surface area contributed by atoms with E-state index in [4.69, 9.17) is 16.9 Å². The number of nitriles is 1. The number of carbonyl (C=O) groups excluding carboxylic acids is 1. The third-order valence-electron chi connectivity index (χ3n) is 3.56. The van der Waals surface area contributed by atoms with Crippen LogP contribution in [0.25, 0.3) is 0 Å². The second kappa shape index (κ2) is 9.10. The fraction of sp³-hybridized carbons (Fsp3) is 0.158. The van der Waals surface area contributed by atoms with Crippen molar-refractivity contribution in [1.29, 1.82) is 5.26 Å². The third-order valence-corrected chi connectivity index (χ3v) is 3.82. The first-order valence-corrected chi connectivity index (χ1v) is 8.24. The molecule has 2 N–H and O–H groups in total. The van der Waals surface area contributed by atoms with Crippen molar-refractivity contribution in [1.82, 2.24) is 5.32 Å². The molecule has 0 spiro atoms. The van der Waals surface area contributed by atoms with Gasteiger partial charge in [0.05, 0.1) is 11.3 Å². The van der Waals surface area contributed by atoms with Gasteiger partial charge < -0.3 is 10.6 Å². The molecular formula is C19H15ClF3N3O. The summed E-state index contributed by atoms with van der Waals surface area (Å²) in [6.45, 7) is 0.430. The summed E-state index contributed by atoms with van der Waals surface area (Å²) < 4.78 is 38.9. The predicted octanol–water partition coefficient (Wildman–Crippen LogP) is 4.54. The van der Waals surface area contributed by atoms with Crippen molar-refractivity contribution in [2.75, 3.05) is 11.9 Å². The zero-order valence-electron chi connectivity index (χ0n) is 14.0. The van der Waals surface area contributed by atoms with Crippen molar-refractivity contribution >= 4 is 23.2 Å². The monoisotopic (exact) mass is 393 g/mol. The Kier molecular flexibility index (Phi) is 6.85. The Hall–Kier alpha value is -2.98. The van der Waals surface area contributed by atoms with Crippen LogP contribution in [0.1, 0.15) is 11.1 Å². The van der Waals surface area contributed by atoms with Gasteiger partial charge in [-0.25, -0.2) is 0 Å². The average Bonchev–Trinajstić information content (AvgIpc) is 2.62. The minimum atomic E-state index is -4.61. The first-order chi connectivity index (χ1) is 12.8. The molecule has 0 heterocycles. The number of hydrogen-bond acceptors (Lipinski definition) is 3. The molecule has 0 saturated heterocycles. The summed E-state index contributed by atoms with van der Waals surface area (Å²) in [4.78, 5) is 12.1. The molecule has 0 fully saturated rings. The molecule has 2 rings (SSSR count). The number of nitrogens with one attached hydrogen (secondary N) is 2. The van der Waals surface area contributed by atoms with E-state index < -0.39 is 23.3 Å². The number of amides is 1. The second-order valence-corrected chi connectivity index (χ2v) is 5.93. The van der Waals surface area contributed by atoms with Gasteiger partial charge in [0.25, 0.3) is 5.91 Å². The maximum atomic E-state index is 13.0. The average molecular weight is 394 g/mol. The van der Waals surface area contributed by atoms with E-state index in [1.165, 1.54) is 18.3 Å². The molecule has 0 aliphatic rings. The number of para-hydroxylation sites is 1. The summed E-state index contributed by atoms with van der Waals surface area (Å²) in [5.74, 6) is -0.923. The fourth-order valence-electron chi connectivity index (χ4n) is 2.22. The molecule has 2 aromatic rings. The minimum absolute atomic E-state index is 0.330. The van der Waals surface area contributed by atoms with E-state index in [0.29, 0.717) is 18.0 Å². The van der Waals surface area contributed by atoms with E-state index in [-0.39, 0.29) is 5.57 Å². The van der Waals surface area contributed by atoms with Gasteiger partial charge in [0, 0.05) is 17.8 Å². The van der Waals surface area contributed by atoms with Gasteiger partial charge >= 0.3 is 6.18 Å². The molecular weight excluding hydrogens is 379 g/mol. The Morgan fingerprint density at radius 3 is 2.44 bits per heavy atom. The first-order valence-electron chi connectivity index (χ1n) is 7.87. The van der Waals surface area contributed by atoms with Gasteiger partial charge in [0.15, 0.2) is 0 Å². The molecule has 0 aliphatic carbocycles. The fourth-order valence-corrected chi connectivity index (χ4v) is 2.35. The van der Waals surface area contributed by atoms with Crippen LogP contribution in [0.5, 0.6) is 0 Å². The molecule has 27 heavy (non-hydrogen) atoms. The van der Waals surface area contributed by atoms with Crippen LogP contribution in [0.4, 0.5) is 18.9 Å². The highest BCUT2D eigenvalue weighted by atomic mass is 35.5. The predicted molar refractivity (Wildman–Crippen MR) is 96.9 cm³/mol. The van der Waals surface area contributed by atoms with E-state index in [1.54, 1.807) is 18.2 Å². The van der Waals surface area contributed by atoms with E-state index in [0.717, 1.165) is 17.7 Å². The Bertz CT molecular complexity index is 871. The lowest BCUT2D eigenvalue weighted by Gasteiger charge is -2.13. The van der Waals surface area contributed by atoms with Crippen LogP contribution in [0.2, 0.25) is 5.02 Å². The zero-order chi connectivity index (χ0) is 19.9. The van der Waals surface area contributed by atoms with Gasteiger partial charge in [-0.15, -0.1) is 0 Å². The highest BCUT2D eigenvalue weighted by Crippen LogP contribution is 2.34. The smallest absolute Gasteiger partial charge is 0.389 e. The van der Waals surface area contributed by atoms with Crippen LogP contribution in [-0.2, 0) is 17.4 Å². The van der Waals surface area contributed by atoms with Crippen molar-refractivity contribution in [2.45, 2.75) is 12.6 Å². The summed E-state index contributed by atoms with van der Waals surface area (Å²) >= 11 is 5.80. The van der Waals surface area contributed by atoms with Crippen molar-refractivity contribution in [3.8, 4) is 6.07 Å². The molecule has 0 unspecified atom stereocenters. The molecule has 8 heteroatoms. The van der Waals surface area contributed by atoms with E-state index >= 15 is 0 Å². The van der Waals surface area contributed by atoms with Gasteiger partial charge in [-0.05, 0) is 36.2 Å². The summed E-state index contributed by atoms with van der Waals surface area (Å²) in [5.41, 5.74) is -0.714. The van der Waals surface area contributed by atoms with E-state index in [2.05, 4.69) is 10.6 Å². The normalized spacial score (nSPS) is 11.6. The van der Waals surface area contributed by atoms with Crippen LogP contribution in [0.15, 0.2) is 60.3 Å². The van der Waals surface area contributed by atoms with Gasteiger partial charge in [-0.2, -0.15) is 18.4 Å². The second-order valence-electron chi connectivity index (χ2n) is 5.50. The number of anilines is 1. The largest absolute Gasteiger partial charge is 0.418 e. The molecule has 0 aliphatic heterocycles. The lowest BCUT2D eigenvalue weighted by Crippen LogP contribution is -2.20. The maximum Gasteiger partial charge on any atom is 0.418 e. The maximum absolute atomic E-state index is 13.0. The summed E-state index contributed by atoms with van der Waals surface area (Å²) in [6, 6.07) is 13.4. The number of nitrogens with zero attached hydrogens (tertiary/aromatic N) is 1. The summed E-state index contributed by atoms with van der Waals surface area (Å²) in [7, 11) is 0. The van der Waals surface area contributed by atoms with Crippen LogP contribution in [-0.4, -0.2) is 12.5 Å². The number of carbonyl (C=O) groups is 1. The number of hydrogen-bond donors (Lipinski definition) is 2. The van der Waals surface area contributed by atoms with Crippen LogP contribution >= 0.6 is 11.6 Å². The Morgan fingerprint density at radius 2 is 1.81 bits per heavy atom. The van der Waals surface area contributed by atoms with Crippen molar-refractivity contribution in [3.05, 3.63) is 76.5 Å². The summed E-state index contributed by atoms with van der Waals surface area (Å²) in [6.07, 6.45) is -2.82. The number of rotatable bonds is 6. The quantitative estimate of drug-likeness (QED) is 0.430. The Labute approximate surface area is 159 Å². The van der Waals surface area contributed by atoms with Gasteiger partial charge in [0.1, 0.15) is 11.6 Å². The SMILES string of the molecule is N#C/C(=C/NCCc1ccc(Cl)cc1)C(=O)Nc1ccccc1C(F)(F)F. The van der Waals surface area contributed by atoms with Crippen LogP contribution < -0.4 is 10.6 Å². The standard InChI is InChI=1S/C19H15ClF3N3O/c20-15-7-5-13(6-8-15)9-10-25-12-14(11-24)18(27)26-17-4-2-1-3-16(17)19(21,22)23/h1-8,12,25H,9-10H2,(H,26,27)/b14-12-. The molecule has 0 radical (unpaired) electrons. The highest BCUT2D eigenvalue weighted by molar-refractivity contribution is 6.30. The van der Waals surface area contributed by atoms with Gasteiger partial charge in [-0.3, -0.25) is 4.79 Å². The number of alkyl halides is 3. The third kappa shape index (κ3) is 6.04. The van der Waals surface area contributed by atoms with Crippen molar-refractivity contribution in [2.24, 2.45) is 0 Å². The molecule has 2 aromatic carbocycles. The molecule has 0 atom stereocenters. The van der Waals surface area contributed by atoms with Crippen molar-refractivity contribution in [3.63, 3.8) is 0 Å². The topological polar surface area (TPSA) is 64.9 Å². The minimum Gasteiger partial charge on any atom is -0.389 e. The molecule has 1 amide bonds. The zero-order valence-corrected chi connectivity index (χ0v) is 14.7. The van der Waals surface area contributed by atoms with E-state index in [1.807, 2.05) is 12.1 Å². The molecule has 0 bridgehead atoms. The van der Waals surface area contributed by atoms with Gasteiger partial charge in [0.2, 0.25) is 0 Å². The first kappa shape index (κ1) is 20.3. The van der Waals surface area contributed by atoms with Gasteiger partial charge in [-0.1, -0.05) is 35.9 Å². The molecule has 140 valence electrons. The number of halogens is 4. The van der Waals surface area contributed by atoms with Crippen LogP contribution in [0, 0.1) is 11.3 Å². The molecule has 0 saturated carbocycles. The Morgan fingerprint density at radius 1 is 1.15 bits per heavy atom. The highest BCUT2D eigenvalue weighted by Gasteiger charge is 2.33. The molecule has 4 nitrogen and oxygen atoms in total. The lowest BCUT2D eigenvalue weighted by molar-refractivity contribution is -0.137. The van der Waals surface area contributed by atoms with Crippen LogP contribution in [0.3, 0.4) is 0 Å². The summed E-state index contributed by atoms with van der Waals surface area (Å²) in [5, 5.41) is 14.7. The van der Waals surface area contributed by atoms with E-state index in [9.17, 15) is 18.0 Å². The van der Waals surface area contributed by atoms with Crippen molar-refractivity contribution < 1.29 is 18.0 Å². The number of benzene rings is 2. The molecule has 0 aromatic heterocycles. The Balaban J connectivity index is 1.99.